The van der Waals surface area contributed by atoms with E-state index in [1.807, 2.05) is 28.7 Å². The minimum Gasteiger partial charge on any atom is -0.387 e. The van der Waals surface area contributed by atoms with E-state index in [0.717, 1.165) is 11.3 Å². The SMILES string of the molecule is O[C@@H]1CC(c2ccccc2Cl)c2c1nc1cc(F)c(Br)cn21. The van der Waals surface area contributed by atoms with Crippen LogP contribution in [0.15, 0.2) is 41.0 Å². The van der Waals surface area contributed by atoms with Crippen LogP contribution in [0.25, 0.3) is 5.65 Å². The van der Waals surface area contributed by atoms with Crippen molar-refractivity contribution in [1.82, 2.24) is 9.38 Å². The van der Waals surface area contributed by atoms with Gasteiger partial charge in [0.15, 0.2) is 0 Å². The molecule has 2 atom stereocenters. The fourth-order valence-corrected chi connectivity index (χ4v) is 3.73. The third kappa shape index (κ3) is 2.00. The van der Waals surface area contributed by atoms with Gasteiger partial charge in [-0.25, -0.2) is 9.37 Å². The lowest BCUT2D eigenvalue weighted by Crippen LogP contribution is -2.03. The maximum Gasteiger partial charge on any atom is 0.142 e. The number of aliphatic hydroxyl groups excluding tert-OH is 1. The van der Waals surface area contributed by atoms with Crippen LogP contribution in [0, 0.1) is 5.82 Å². The lowest BCUT2D eigenvalue weighted by Gasteiger charge is -2.14. The Bertz CT molecular complexity index is 895. The van der Waals surface area contributed by atoms with Crippen molar-refractivity contribution >= 4 is 33.2 Å². The van der Waals surface area contributed by atoms with E-state index in [1.165, 1.54) is 6.07 Å². The lowest BCUT2D eigenvalue weighted by molar-refractivity contribution is 0.172. The molecule has 0 radical (unpaired) electrons. The quantitative estimate of drug-likeness (QED) is 0.676. The predicted octanol–water partition coefficient (Wildman–Crippen LogP) is 4.46. The average Bonchev–Trinajstić information content (AvgIpc) is 2.99. The van der Waals surface area contributed by atoms with Crippen molar-refractivity contribution in [3.05, 3.63) is 68.8 Å². The molecule has 22 heavy (non-hydrogen) atoms. The van der Waals surface area contributed by atoms with Gasteiger partial charge in [-0.05, 0) is 34.0 Å². The summed E-state index contributed by atoms with van der Waals surface area (Å²) in [5.41, 5.74) is 2.91. The fraction of sp³-hybridized carbons (Fsp3) is 0.188. The number of hydrogen-bond acceptors (Lipinski definition) is 2. The fourth-order valence-electron chi connectivity index (χ4n) is 3.15. The van der Waals surface area contributed by atoms with Gasteiger partial charge in [0, 0.05) is 23.2 Å². The first-order chi connectivity index (χ1) is 10.6. The highest BCUT2D eigenvalue weighted by molar-refractivity contribution is 9.10. The molecule has 0 amide bonds. The summed E-state index contributed by atoms with van der Waals surface area (Å²) in [5.74, 6) is -0.439. The molecule has 3 aromatic rings. The first-order valence-corrected chi connectivity index (χ1v) is 8.02. The molecule has 0 spiro atoms. The summed E-state index contributed by atoms with van der Waals surface area (Å²) in [5, 5.41) is 11.0. The molecule has 0 saturated heterocycles. The second-order valence-electron chi connectivity index (χ2n) is 5.41. The monoisotopic (exact) mass is 380 g/mol. The van der Waals surface area contributed by atoms with E-state index in [9.17, 15) is 9.50 Å². The molecule has 112 valence electrons. The lowest BCUT2D eigenvalue weighted by atomic mass is 9.96. The number of rotatable bonds is 1. The zero-order chi connectivity index (χ0) is 15.4. The Balaban J connectivity index is 1.98. The highest BCUT2D eigenvalue weighted by Gasteiger charge is 2.36. The van der Waals surface area contributed by atoms with Gasteiger partial charge in [0.25, 0.3) is 0 Å². The third-order valence-electron chi connectivity index (χ3n) is 4.12. The Morgan fingerprint density at radius 2 is 2.14 bits per heavy atom. The summed E-state index contributed by atoms with van der Waals surface area (Å²) in [7, 11) is 0. The summed E-state index contributed by atoms with van der Waals surface area (Å²) in [6, 6.07) is 8.94. The molecule has 3 nitrogen and oxygen atoms in total. The van der Waals surface area contributed by atoms with Gasteiger partial charge in [-0.2, -0.15) is 0 Å². The van der Waals surface area contributed by atoms with Gasteiger partial charge in [0.05, 0.1) is 22.0 Å². The van der Waals surface area contributed by atoms with E-state index in [0.29, 0.717) is 27.3 Å². The van der Waals surface area contributed by atoms with Gasteiger partial charge in [-0.15, -0.1) is 0 Å². The zero-order valence-electron chi connectivity index (χ0n) is 11.3. The molecule has 1 N–H and O–H groups in total. The number of pyridine rings is 1. The predicted molar refractivity (Wildman–Crippen MR) is 85.7 cm³/mol. The van der Waals surface area contributed by atoms with E-state index in [4.69, 9.17) is 11.6 Å². The van der Waals surface area contributed by atoms with E-state index < -0.39 is 6.10 Å². The first-order valence-electron chi connectivity index (χ1n) is 6.85. The van der Waals surface area contributed by atoms with Crippen molar-refractivity contribution in [2.75, 3.05) is 0 Å². The smallest absolute Gasteiger partial charge is 0.142 e. The molecule has 1 aromatic carbocycles. The molecule has 0 aliphatic heterocycles. The minimum absolute atomic E-state index is 0.0638. The summed E-state index contributed by atoms with van der Waals surface area (Å²) < 4.78 is 15.9. The van der Waals surface area contributed by atoms with Crippen LogP contribution >= 0.6 is 27.5 Å². The van der Waals surface area contributed by atoms with Crippen LogP contribution < -0.4 is 0 Å². The van der Waals surface area contributed by atoms with Crippen molar-refractivity contribution < 1.29 is 9.50 Å². The third-order valence-corrected chi connectivity index (χ3v) is 5.04. The second-order valence-corrected chi connectivity index (χ2v) is 6.67. The molecule has 2 heterocycles. The second kappa shape index (κ2) is 5.05. The van der Waals surface area contributed by atoms with Crippen LogP contribution in [0.1, 0.15) is 35.4 Å². The highest BCUT2D eigenvalue weighted by Crippen LogP contribution is 2.46. The molecule has 4 rings (SSSR count). The van der Waals surface area contributed by atoms with Gasteiger partial charge in [0.2, 0.25) is 0 Å². The molecule has 2 aromatic heterocycles. The normalized spacial score (nSPS) is 20.5. The minimum atomic E-state index is -0.669. The van der Waals surface area contributed by atoms with Gasteiger partial charge < -0.3 is 9.51 Å². The van der Waals surface area contributed by atoms with E-state index in [2.05, 4.69) is 20.9 Å². The van der Waals surface area contributed by atoms with Crippen molar-refractivity contribution in [1.29, 1.82) is 0 Å². The molecule has 0 bridgehead atoms. The van der Waals surface area contributed by atoms with Crippen LogP contribution in [0.2, 0.25) is 5.02 Å². The van der Waals surface area contributed by atoms with Crippen LogP contribution in [-0.4, -0.2) is 14.5 Å². The average molecular weight is 382 g/mol. The van der Waals surface area contributed by atoms with Crippen molar-refractivity contribution in [3.63, 3.8) is 0 Å². The van der Waals surface area contributed by atoms with Crippen molar-refractivity contribution in [2.45, 2.75) is 18.4 Å². The number of aliphatic hydroxyl groups is 1. The van der Waals surface area contributed by atoms with Gasteiger partial charge in [-0.3, -0.25) is 0 Å². The number of benzene rings is 1. The first kappa shape index (κ1) is 14.2. The molecule has 0 fully saturated rings. The number of halogens is 3. The van der Waals surface area contributed by atoms with E-state index in [-0.39, 0.29) is 11.7 Å². The number of nitrogens with zero attached hydrogens (tertiary/aromatic N) is 2. The molecular formula is C16H11BrClFN2O. The maximum atomic E-state index is 13.7. The van der Waals surface area contributed by atoms with Gasteiger partial charge in [-0.1, -0.05) is 29.8 Å². The van der Waals surface area contributed by atoms with Gasteiger partial charge >= 0.3 is 0 Å². The van der Waals surface area contributed by atoms with Crippen molar-refractivity contribution in [2.24, 2.45) is 0 Å². The van der Waals surface area contributed by atoms with Crippen molar-refractivity contribution in [3.8, 4) is 0 Å². The number of fused-ring (bicyclic) bond motifs is 3. The molecule has 1 aliphatic rings. The maximum absolute atomic E-state index is 13.7. The highest BCUT2D eigenvalue weighted by atomic mass is 79.9. The summed E-state index contributed by atoms with van der Waals surface area (Å²) >= 11 is 9.52. The van der Waals surface area contributed by atoms with Crippen LogP contribution in [0.4, 0.5) is 4.39 Å². The Morgan fingerprint density at radius 1 is 1.36 bits per heavy atom. The van der Waals surface area contributed by atoms with Crippen LogP contribution in [0.3, 0.4) is 0 Å². The number of imidazole rings is 1. The molecule has 1 unspecified atom stereocenters. The zero-order valence-corrected chi connectivity index (χ0v) is 13.6. The molecule has 0 saturated carbocycles. The molecule has 6 heteroatoms. The topological polar surface area (TPSA) is 37.5 Å². The molecular weight excluding hydrogens is 371 g/mol. The van der Waals surface area contributed by atoms with Crippen LogP contribution in [-0.2, 0) is 0 Å². The summed E-state index contributed by atoms with van der Waals surface area (Å²) in [4.78, 5) is 4.39. The van der Waals surface area contributed by atoms with Gasteiger partial charge in [0.1, 0.15) is 11.5 Å². The number of aromatic nitrogens is 2. The number of hydrogen-bond donors (Lipinski definition) is 1. The Kier molecular flexibility index (Phi) is 3.25. The Morgan fingerprint density at radius 3 is 2.91 bits per heavy atom. The summed E-state index contributed by atoms with van der Waals surface area (Å²) in [6.07, 6.45) is 1.51. The molecule has 1 aliphatic carbocycles. The Hall–Kier alpha value is -1.43. The van der Waals surface area contributed by atoms with E-state index >= 15 is 0 Å². The largest absolute Gasteiger partial charge is 0.387 e. The standard InChI is InChI=1S/C16H11BrClFN2O/c17-10-7-21-14(6-12(10)19)20-15-13(22)5-9(16(15)21)8-3-1-2-4-11(8)18/h1-4,6-7,9,13,22H,5H2/t9?,13-/m1/s1. The van der Waals surface area contributed by atoms with E-state index in [1.54, 1.807) is 6.20 Å². The summed E-state index contributed by atoms with van der Waals surface area (Å²) in [6.45, 7) is 0. The Labute approximate surface area is 139 Å². The van der Waals surface area contributed by atoms with Crippen LogP contribution in [0.5, 0.6) is 0 Å².